The van der Waals surface area contributed by atoms with Gasteiger partial charge in [-0.05, 0) is 20.8 Å². The van der Waals surface area contributed by atoms with Crippen LogP contribution in [0.5, 0.6) is 0 Å². The van der Waals surface area contributed by atoms with Crippen LogP contribution in [0, 0.1) is 20.8 Å². The molecule has 9 heteroatoms. The van der Waals surface area contributed by atoms with E-state index >= 15 is 0 Å². The van der Waals surface area contributed by atoms with Gasteiger partial charge in [0.15, 0.2) is 0 Å². The molecule has 2 aromatic heterocycles. The number of rotatable bonds is 4. The van der Waals surface area contributed by atoms with E-state index in [4.69, 9.17) is 5.11 Å². The average molecular weight is 312 g/mol. The summed E-state index contributed by atoms with van der Waals surface area (Å²) in [6.07, 6.45) is 0. The molecule has 0 amide bonds. The van der Waals surface area contributed by atoms with Crippen LogP contribution in [-0.2, 0) is 17.1 Å². The number of hydrogen-bond acceptors (Lipinski definition) is 4. The topological polar surface area (TPSA) is 117 Å². The second kappa shape index (κ2) is 4.92. The molecule has 0 aromatic carbocycles. The predicted octanol–water partition coefficient (Wildman–Crippen LogP) is 1.17. The van der Waals surface area contributed by atoms with Crippen LogP contribution in [-0.4, -0.2) is 34.3 Å². The van der Waals surface area contributed by atoms with Gasteiger partial charge in [-0.1, -0.05) is 0 Å². The summed E-state index contributed by atoms with van der Waals surface area (Å²) in [5, 5.41) is 13.1. The number of nitrogens with zero attached hydrogens (tertiary/aromatic N) is 2. The van der Waals surface area contributed by atoms with Gasteiger partial charge in [0.2, 0.25) is 0 Å². The first-order valence-corrected chi connectivity index (χ1v) is 7.57. The summed E-state index contributed by atoms with van der Waals surface area (Å²) in [5.41, 5.74) is 0.987. The van der Waals surface area contributed by atoms with Crippen molar-refractivity contribution in [3.63, 3.8) is 0 Å². The van der Waals surface area contributed by atoms with Crippen molar-refractivity contribution in [1.29, 1.82) is 0 Å². The number of aryl methyl sites for hydroxylation is 3. The molecule has 0 spiro atoms. The minimum atomic E-state index is -3.90. The summed E-state index contributed by atoms with van der Waals surface area (Å²) in [4.78, 5) is 13.6. The summed E-state index contributed by atoms with van der Waals surface area (Å²) in [6.45, 7) is 4.71. The Morgan fingerprint density at radius 3 is 2.43 bits per heavy atom. The first-order valence-electron chi connectivity index (χ1n) is 6.09. The highest BCUT2D eigenvalue weighted by atomic mass is 32.2. The lowest BCUT2D eigenvalue weighted by Gasteiger charge is -2.08. The van der Waals surface area contributed by atoms with Gasteiger partial charge in [-0.15, -0.1) is 0 Å². The minimum Gasteiger partial charge on any atom is -0.477 e. The zero-order valence-corrected chi connectivity index (χ0v) is 12.9. The van der Waals surface area contributed by atoms with Gasteiger partial charge < -0.3 is 10.1 Å². The largest absolute Gasteiger partial charge is 0.477 e. The standard InChI is InChI=1S/C12H16N4O4S/c1-6-5-9(16(4)14-6)15-21(19,20)11-7(2)10(12(17)18)13-8(11)3/h5,13,15H,1-4H3,(H,17,18). The molecule has 0 saturated carbocycles. The first-order chi connectivity index (χ1) is 9.63. The molecule has 2 aromatic rings. The van der Waals surface area contributed by atoms with E-state index in [0.717, 1.165) is 0 Å². The minimum absolute atomic E-state index is 0.0567. The number of carboxylic acids is 1. The maximum atomic E-state index is 12.5. The Hall–Kier alpha value is -2.29. The number of sulfonamides is 1. The Bertz CT molecular complexity index is 817. The number of carbonyl (C=O) groups is 1. The highest BCUT2D eigenvalue weighted by Crippen LogP contribution is 2.25. The van der Waals surface area contributed by atoms with E-state index in [1.165, 1.54) is 18.5 Å². The lowest BCUT2D eigenvalue weighted by Crippen LogP contribution is -2.16. The van der Waals surface area contributed by atoms with Crippen LogP contribution in [0.3, 0.4) is 0 Å². The molecule has 2 heterocycles. The van der Waals surface area contributed by atoms with Crippen LogP contribution in [0.4, 0.5) is 5.82 Å². The van der Waals surface area contributed by atoms with Crippen molar-refractivity contribution < 1.29 is 18.3 Å². The van der Waals surface area contributed by atoms with Crippen LogP contribution >= 0.6 is 0 Å². The number of aromatic amines is 1. The van der Waals surface area contributed by atoms with E-state index in [1.54, 1.807) is 20.0 Å². The van der Waals surface area contributed by atoms with E-state index in [9.17, 15) is 13.2 Å². The van der Waals surface area contributed by atoms with E-state index in [0.29, 0.717) is 11.5 Å². The van der Waals surface area contributed by atoms with Crippen LogP contribution < -0.4 is 4.72 Å². The van der Waals surface area contributed by atoms with Crippen molar-refractivity contribution in [2.75, 3.05) is 4.72 Å². The van der Waals surface area contributed by atoms with E-state index < -0.39 is 16.0 Å². The third-order valence-corrected chi connectivity index (χ3v) is 4.72. The third-order valence-electron chi connectivity index (χ3n) is 3.09. The Balaban J connectivity index is 2.50. The molecule has 0 saturated heterocycles. The first kappa shape index (κ1) is 15.1. The highest BCUT2D eigenvalue weighted by molar-refractivity contribution is 7.92. The quantitative estimate of drug-likeness (QED) is 0.783. The van der Waals surface area contributed by atoms with Gasteiger partial charge in [-0.3, -0.25) is 9.40 Å². The lowest BCUT2D eigenvalue weighted by atomic mass is 10.2. The highest BCUT2D eigenvalue weighted by Gasteiger charge is 2.27. The van der Waals surface area contributed by atoms with E-state index in [-0.39, 0.29) is 21.8 Å². The fourth-order valence-electron chi connectivity index (χ4n) is 2.24. The van der Waals surface area contributed by atoms with Gasteiger partial charge in [-0.25, -0.2) is 13.2 Å². The molecular weight excluding hydrogens is 296 g/mol. The van der Waals surface area contributed by atoms with Gasteiger partial charge in [0.05, 0.1) is 5.69 Å². The van der Waals surface area contributed by atoms with Gasteiger partial charge in [0.1, 0.15) is 16.4 Å². The fraction of sp³-hybridized carbons (Fsp3) is 0.333. The maximum Gasteiger partial charge on any atom is 0.352 e. The van der Waals surface area contributed by atoms with Gasteiger partial charge in [0.25, 0.3) is 10.0 Å². The maximum absolute atomic E-state index is 12.5. The van der Waals surface area contributed by atoms with Crippen LogP contribution in [0.1, 0.15) is 27.4 Å². The normalized spacial score (nSPS) is 11.6. The molecule has 114 valence electrons. The van der Waals surface area contributed by atoms with Crippen LogP contribution in [0.2, 0.25) is 0 Å². The van der Waals surface area contributed by atoms with E-state index in [1.807, 2.05) is 0 Å². The molecule has 2 rings (SSSR count). The van der Waals surface area contributed by atoms with Crippen molar-refractivity contribution in [3.8, 4) is 0 Å². The number of anilines is 1. The van der Waals surface area contributed by atoms with Crippen molar-refractivity contribution in [1.82, 2.24) is 14.8 Å². The summed E-state index contributed by atoms with van der Waals surface area (Å²) in [5.74, 6) is -0.891. The summed E-state index contributed by atoms with van der Waals surface area (Å²) >= 11 is 0. The number of hydrogen-bond donors (Lipinski definition) is 3. The smallest absolute Gasteiger partial charge is 0.352 e. The number of aromatic nitrogens is 3. The molecule has 0 aliphatic rings. The predicted molar refractivity (Wildman–Crippen MR) is 76.0 cm³/mol. The Labute approximate surface area is 121 Å². The monoisotopic (exact) mass is 312 g/mol. The number of aromatic carboxylic acids is 1. The molecule has 21 heavy (non-hydrogen) atoms. The SMILES string of the molecule is Cc1cc(NS(=O)(=O)c2c(C)[nH]c(C(=O)O)c2C)n(C)n1. The fourth-order valence-corrected chi connectivity index (χ4v) is 3.77. The van der Waals surface area contributed by atoms with Crippen LogP contribution in [0.15, 0.2) is 11.0 Å². The Morgan fingerprint density at radius 2 is 2.00 bits per heavy atom. The average Bonchev–Trinajstić information content (AvgIpc) is 2.79. The number of carboxylic acid groups (broad SMARTS) is 1. The molecule has 0 aliphatic carbocycles. The summed E-state index contributed by atoms with van der Waals surface area (Å²) in [6, 6.07) is 1.59. The Kier molecular flexibility index (Phi) is 3.54. The molecule has 3 N–H and O–H groups in total. The summed E-state index contributed by atoms with van der Waals surface area (Å²) in [7, 11) is -2.29. The van der Waals surface area contributed by atoms with Crippen molar-refractivity contribution in [2.45, 2.75) is 25.7 Å². The third kappa shape index (κ3) is 2.64. The molecule has 0 unspecified atom stereocenters. The van der Waals surface area contributed by atoms with Crippen molar-refractivity contribution >= 4 is 21.8 Å². The molecule has 0 fully saturated rings. The second-order valence-electron chi connectivity index (χ2n) is 4.78. The molecule has 0 aliphatic heterocycles. The van der Waals surface area contributed by atoms with Crippen molar-refractivity contribution in [2.24, 2.45) is 7.05 Å². The lowest BCUT2D eigenvalue weighted by molar-refractivity contribution is 0.0690. The van der Waals surface area contributed by atoms with Gasteiger partial charge in [0, 0.05) is 24.4 Å². The van der Waals surface area contributed by atoms with E-state index in [2.05, 4.69) is 14.8 Å². The zero-order chi connectivity index (χ0) is 15.9. The zero-order valence-electron chi connectivity index (χ0n) is 12.1. The molecule has 0 bridgehead atoms. The Morgan fingerprint density at radius 1 is 1.38 bits per heavy atom. The summed E-state index contributed by atoms with van der Waals surface area (Å²) < 4.78 is 28.8. The molecular formula is C12H16N4O4S. The molecule has 8 nitrogen and oxygen atoms in total. The number of nitrogens with one attached hydrogen (secondary N) is 2. The van der Waals surface area contributed by atoms with Crippen LogP contribution in [0.25, 0.3) is 0 Å². The molecule has 0 radical (unpaired) electrons. The molecule has 0 atom stereocenters. The number of H-pyrrole nitrogens is 1. The second-order valence-corrected chi connectivity index (χ2v) is 6.40. The van der Waals surface area contributed by atoms with Crippen molar-refractivity contribution in [3.05, 3.63) is 28.7 Å². The van der Waals surface area contributed by atoms with Gasteiger partial charge in [-0.2, -0.15) is 5.10 Å². The van der Waals surface area contributed by atoms with Gasteiger partial charge >= 0.3 is 5.97 Å².